The van der Waals surface area contributed by atoms with Gasteiger partial charge in [0, 0.05) is 44.1 Å². The lowest BCUT2D eigenvalue weighted by molar-refractivity contribution is 0.364. The minimum absolute atomic E-state index is 0.00448. The van der Waals surface area contributed by atoms with Gasteiger partial charge in [-0.25, -0.2) is 4.98 Å². The Morgan fingerprint density at radius 3 is 2.85 bits per heavy atom. The molecule has 2 rings (SSSR count). The highest BCUT2D eigenvalue weighted by Crippen LogP contribution is 2.20. The molecule has 0 saturated carbocycles. The Bertz CT molecular complexity index is 503. The molecule has 1 aliphatic heterocycles. The van der Waals surface area contributed by atoms with Gasteiger partial charge in [-0.15, -0.1) is 0 Å². The van der Waals surface area contributed by atoms with Crippen molar-refractivity contribution in [1.82, 2.24) is 14.9 Å². The van der Waals surface area contributed by atoms with E-state index in [2.05, 4.69) is 36.0 Å². The van der Waals surface area contributed by atoms with E-state index >= 15 is 0 Å². The van der Waals surface area contributed by atoms with Crippen molar-refractivity contribution >= 4 is 5.82 Å². The largest absolute Gasteiger partial charge is 0.348 e. The number of hydrogen-bond donors (Lipinski definition) is 1. The minimum atomic E-state index is -0.00448. The van der Waals surface area contributed by atoms with Gasteiger partial charge in [0.15, 0.2) is 5.82 Å². The molecule has 0 aliphatic carbocycles. The Balaban J connectivity index is 2.18. The summed E-state index contributed by atoms with van der Waals surface area (Å²) in [4.78, 5) is 18.8. The molecule has 5 nitrogen and oxygen atoms in total. The molecule has 0 radical (unpaired) electrons. The van der Waals surface area contributed by atoms with Gasteiger partial charge in [-0.2, -0.15) is 0 Å². The molecule has 1 atom stereocenters. The van der Waals surface area contributed by atoms with Gasteiger partial charge in [0.2, 0.25) is 0 Å². The lowest BCUT2D eigenvalue weighted by Gasteiger charge is -2.38. The summed E-state index contributed by atoms with van der Waals surface area (Å²) in [7, 11) is 1.78. The predicted octanol–water partition coefficient (Wildman–Crippen LogP) is 1.53. The van der Waals surface area contributed by atoms with Crippen LogP contribution in [0.1, 0.15) is 40.0 Å². The minimum Gasteiger partial charge on any atom is -0.348 e. The Labute approximate surface area is 121 Å². The molecular weight excluding hydrogens is 252 g/mol. The Morgan fingerprint density at radius 1 is 1.40 bits per heavy atom. The van der Waals surface area contributed by atoms with Crippen molar-refractivity contribution in [2.45, 2.75) is 51.6 Å². The monoisotopic (exact) mass is 278 g/mol. The standard InChI is InChI=1S/C15H26N4O/c1-15(2,3)17-11-12-7-5-6-9-19(12)13-14(20)18(4)10-8-16-13/h8,10,12,17H,5-7,9,11H2,1-4H3. The molecule has 5 heteroatoms. The number of aryl methyl sites for hydroxylation is 1. The predicted molar refractivity (Wildman–Crippen MR) is 82.2 cm³/mol. The first kappa shape index (κ1) is 15.0. The molecular formula is C15H26N4O. The Hall–Kier alpha value is -1.36. The quantitative estimate of drug-likeness (QED) is 0.911. The van der Waals surface area contributed by atoms with E-state index in [0.29, 0.717) is 11.9 Å². The van der Waals surface area contributed by atoms with E-state index in [9.17, 15) is 4.79 Å². The number of anilines is 1. The number of nitrogens with one attached hydrogen (secondary N) is 1. The first-order valence-electron chi connectivity index (χ1n) is 7.42. The number of hydrogen-bond acceptors (Lipinski definition) is 4. The normalized spacial score (nSPS) is 20.2. The fourth-order valence-corrected chi connectivity index (χ4v) is 2.60. The maximum Gasteiger partial charge on any atom is 0.293 e. The fraction of sp³-hybridized carbons (Fsp3) is 0.733. The number of aromatic nitrogens is 2. The molecule has 1 N–H and O–H groups in total. The maximum atomic E-state index is 12.3. The van der Waals surface area contributed by atoms with E-state index < -0.39 is 0 Å². The lowest BCUT2D eigenvalue weighted by Crippen LogP contribution is -2.51. The van der Waals surface area contributed by atoms with Crippen LogP contribution in [0.5, 0.6) is 0 Å². The van der Waals surface area contributed by atoms with Crippen molar-refractivity contribution in [2.75, 3.05) is 18.0 Å². The van der Waals surface area contributed by atoms with E-state index in [1.165, 1.54) is 6.42 Å². The number of rotatable bonds is 3. The van der Waals surface area contributed by atoms with E-state index in [1.54, 1.807) is 24.0 Å². The number of nitrogens with zero attached hydrogens (tertiary/aromatic N) is 3. The third-order valence-electron chi connectivity index (χ3n) is 3.77. The van der Waals surface area contributed by atoms with Crippen LogP contribution in [0.25, 0.3) is 0 Å². The fourth-order valence-electron chi connectivity index (χ4n) is 2.60. The van der Waals surface area contributed by atoms with Gasteiger partial charge in [-0.1, -0.05) is 0 Å². The third kappa shape index (κ3) is 3.60. The summed E-state index contributed by atoms with van der Waals surface area (Å²) < 4.78 is 1.60. The molecule has 2 heterocycles. The highest BCUT2D eigenvalue weighted by Gasteiger charge is 2.26. The summed E-state index contributed by atoms with van der Waals surface area (Å²) in [6.45, 7) is 8.31. The topological polar surface area (TPSA) is 50.2 Å². The van der Waals surface area contributed by atoms with Crippen LogP contribution in [0.4, 0.5) is 5.82 Å². The molecule has 1 fully saturated rings. The van der Waals surface area contributed by atoms with Gasteiger partial charge in [-0.05, 0) is 40.0 Å². The van der Waals surface area contributed by atoms with E-state index in [-0.39, 0.29) is 11.1 Å². The smallest absolute Gasteiger partial charge is 0.293 e. The van der Waals surface area contributed by atoms with Crippen LogP contribution < -0.4 is 15.8 Å². The lowest BCUT2D eigenvalue weighted by atomic mass is 10.0. The molecule has 20 heavy (non-hydrogen) atoms. The maximum absolute atomic E-state index is 12.3. The summed E-state index contributed by atoms with van der Waals surface area (Å²) in [6, 6.07) is 0.352. The molecule has 1 saturated heterocycles. The Morgan fingerprint density at radius 2 is 2.15 bits per heavy atom. The average Bonchev–Trinajstić information content (AvgIpc) is 2.39. The molecule has 1 aromatic heterocycles. The van der Waals surface area contributed by atoms with Crippen molar-refractivity contribution in [3.63, 3.8) is 0 Å². The van der Waals surface area contributed by atoms with Crippen molar-refractivity contribution < 1.29 is 0 Å². The summed E-state index contributed by atoms with van der Waals surface area (Å²) >= 11 is 0. The van der Waals surface area contributed by atoms with Crippen LogP contribution in [-0.2, 0) is 7.05 Å². The van der Waals surface area contributed by atoms with Crippen molar-refractivity contribution in [1.29, 1.82) is 0 Å². The molecule has 0 bridgehead atoms. The van der Waals surface area contributed by atoms with E-state index in [0.717, 1.165) is 25.9 Å². The second-order valence-electron chi connectivity index (χ2n) is 6.64. The molecule has 1 aliphatic rings. The summed E-state index contributed by atoms with van der Waals surface area (Å²) in [5, 5.41) is 3.55. The summed E-state index contributed by atoms with van der Waals surface area (Å²) in [5.74, 6) is 0.593. The van der Waals surface area contributed by atoms with Crippen molar-refractivity contribution in [3.8, 4) is 0 Å². The van der Waals surface area contributed by atoms with Gasteiger partial charge >= 0.3 is 0 Å². The zero-order valence-corrected chi connectivity index (χ0v) is 13.0. The molecule has 0 amide bonds. The zero-order chi connectivity index (χ0) is 14.8. The van der Waals surface area contributed by atoms with Gasteiger partial charge in [0.1, 0.15) is 0 Å². The second kappa shape index (κ2) is 5.95. The molecule has 0 spiro atoms. The first-order valence-corrected chi connectivity index (χ1v) is 7.42. The van der Waals surface area contributed by atoms with Gasteiger partial charge in [0.25, 0.3) is 5.56 Å². The first-order chi connectivity index (χ1) is 9.38. The highest BCUT2D eigenvalue weighted by molar-refractivity contribution is 5.38. The van der Waals surface area contributed by atoms with Crippen molar-refractivity contribution in [2.24, 2.45) is 7.05 Å². The van der Waals surface area contributed by atoms with Crippen LogP contribution >= 0.6 is 0 Å². The van der Waals surface area contributed by atoms with Crippen LogP contribution in [0.15, 0.2) is 17.2 Å². The molecule has 0 aromatic carbocycles. The van der Waals surface area contributed by atoms with Crippen LogP contribution in [-0.4, -0.2) is 34.2 Å². The van der Waals surface area contributed by atoms with Gasteiger partial charge in [0.05, 0.1) is 0 Å². The van der Waals surface area contributed by atoms with Crippen molar-refractivity contribution in [3.05, 3.63) is 22.7 Å². The Kier molecular flexibility index (Phi) is 4.48. The van der Waals surface area contributed by atoms with E-state index in [4.69, 9.17) is 0 Å². The van der Waals surface area contributed by atoms with Crippen LogP contribution in [0.3, 0.4) is 0 Å². The summed E-state index contributed by atoms with van der Waals surface area (Å²) in [6.07, 6.45) is 6.88. The molecule has 112 valence electrons. The van der Waals surface area contributed by atoms with E-state index in [1.807, 2.05) is 0 Å². The molecule has 1 unspecified atom stereocenters. The second-order valence-corrected chi connectivity index (χ2v) is 6.64. The van der Waals surface area contributed by atoms with Gasteiger partial charge < -0.3 is 14.8 Å². The third-order valence-corrected chi connectivity index (χ3v) is 3.77. The summed E-state index contributed by atoms with van der Waals surface area (Å²) in [5.41, 5.74) is 0.0909. The highest BCUT2D eigenvalue weighted by atomic mass is 16.1. The zero-order valence-electron chi connectivity index (χ0n) is 13.0. The van der Waals surface area contributed by atoms with Crippen LogP contribution in [0, 0.1) is 0 Å². The number of piperidine rings is 1. The van der Waals surface area contributed by atoms with Gasteiger partial charge in [-0.3, -0.25) is 4.79 Å². The van der Waals surface area contributed by atoms with Crippen LogP contribution in [0.2, 0.25) is 0 Å². The SMILES string of the molecule is Cn1ccnc(N2CCCCC2CNC(C)(C)C)c1=O. The molecule has 1 aromatic rings. The average molecular weight is 278 g/mol.